The van der Waals surface area contributed by atoms with Crippen LogP contribution in [-0.2, 0) is 0 Å². The Morgan fingerprint density at radius 3 is 1.38 bits per heavy atom. The molecule has 0 bridgehead atoms. The van der Waals surface area contributed by atoms with E-state index in [0.717, 1.165) is 41.5 Å². The highest BCUT2D eigenvalue weighted by Gasteiger charge is 2.25. The van der Waals surface area contributed by atoms with Crippen molar-refractivity contribution in [1.82, 2.24) is 60.0 Å². The summed E-state index contributed by atoms with van der Waals surface area (Å²) >= 11 is 7.36. The van der Waals surface area contributed by atoms with Crippen LogP contribution in [0.2, 0.25) is 0 Å². The fourth-order valence-electron chi connectivity index (χ4n) is 3.91. The Morgan fingerprint density at radius 2 is 1.02 bits per heavy atom. The van der Waals surface area contributed by atoms with Crippen LogP contribution < -0.4 is 0 Å². The van der Waals surface area contributed by atoms with Gasteiger partial charge in [0.05, 0.1) is 47.0 Å². The van der Waals surface area contributed by atoms with Crippen molar-refractivity contribution < 1.29 is 0 Å². The lowest BCUT2D eigenvalue weighted by Gasteiger charge is -2.12. The molecule has 42 heavy (non-hydrogen) atoms. The van der Waals surface area contributed by atoms with Crippen molar-refractivity contribution in [2.45, 2.75) is 49.8 Å². The molecule has 0 unspecified atom stereocenters. The maximum Gasteiger partial charge on any atom is 0.209 e. The summed E-state index contributed by atoms with van der Waals surface area (Å²) in [7, 11) is 3.02. The molecule has 0 atom stereocenters. The average molecular weight is 729 g/mol. The van der Waals surface area contributed by atoms with E-state index in [-0.39, 0.29) is 12.1 Å². The normalized spacial score (nSPS) is 11.7. The van der Waals surface area contributed by atoms with Crippen molar-refractivity contribution >= 4 is 53.4 Å². The van der Waals surface area contributed by atoms with Gasteiger partial charge >= 0.3 is 0 Å². The number of hydrogen-bond acceptors (Lipinski definition) is 10. The first-order valence-corrected chi connectivity index (χ1v) is 16.7. The van der Waals surface area contributed by atoms with Crippen LogP contribution in [0.5, 0.6) is 0 Å². The van der Waals surface area contributed by atoms with Crippen molar-refractivity contribution in [3.8, 4) is 34.2 Å². The SMILES string of the molecule is CC(C)n1nnc(-c2cnn(-c3ccccc3Br)c2SSc2c(-c3nnn(C(C)C)n3)cnn2-c2ccccc2Br)n1. The zero-order chi connectivity index (χ0) is 29.4. The third-order valence-corrected chi connectivity index (χ3v) is 9.80. The predicted octanol–water partition coefficient (Wildman–Crippen LogP) is 6.85. The van der Waals surface area contributed by atoms with Crippen molar-refractivity contribution in [3.63, 3.8) is 0 Å². The van der Waals surface area contributed by atoms with E-state index in [1.807, 2.05) is 85.6 Å². The fraction of sp³-hybridized carbons (Fsp3) is 0.231. The minimum Gasteiger partial charge on any atom is -0.224 e. The second-order valence-electron chi connectivity index (χ2n) is 9.67. The van der Waals surface area contributed by atoms with Crippen LogP contribution in [0.3, 0.4) is 0 Å². The molecule has 0 fully saturated rings. The number of tetrazole rings is 2. The Kier molecular flexibility index (Phi) is 8.29. The molecule has 4 aromatic heterocycles. The van der Waals surface area contributed by atoms with Crippen LogP contribution in [0, 0.1) is 0 Å². The summed E-state index contributed by atoms with van der Waals surface area (Å²) in [4.78, 5) is 3.19. The maximum atomic E-state index is 4.74. The minimum absolute atomic E-state index is 0.0722. The standard InChI is InChI=1S/C26H24Br2N12S2/c1-15(2)39-33-23(31-35-39)17-13-29-37(21-11-7-5-9-19(21)27)25(17)41-42-26-18(24-32-36-40(34-24)16(3)4)14-30-38(26)22-12-8-6-10-20(22)28/h5-16H,1-4H3. The van der Waals surface area contributed by atoms with Crippen LogP contribution in [0.15, 0.2) is 79.9 Å². The lowest BCUT2D eigenvalue weighted by molar-refractivity contribution is 0.455. The second kappa shape index (κ2) is 12.1. The van der Waals surface area contributed by atoms with Gasteiger partial charge in [0.1, 0.15) is 10.1 Å². The van der Waals surface area contributed by atoms with E-state index in [1.165, 1.54) is 21.6 Å². The van der Waals surface area contributed by atoms with Gasteiger partial charge in [0.25, 0.3) is 0 Å². The van der Waals surface area contributed by atoms with Gasteiger partial charge in [-0.05, 0) is 116 Å². The molecule has 0 aliphatic rings. The van der Waals surface area contributed by atoms with Crippen molar-refractivity contribution in [2.24, 2.45) is 0 Å². The van der Waals surface area contributed by atoms with E-state index in [4.69, 9.17) is 10.2 Å². The largest absolute Gasteiger partial charge is 0.224 e. The molecule has 6 aromatic rings. The number of para-hydroxylation sites is 2. The molecule has 0 aliphatic heterocycles. The van der Waals surface area contributed by atoms with Gasteiger partial charge in [-0.25, -0.2) is 9.36 Å². The number of halogens is 2. The molecular weight excluding hydrogens is 704 g/mol. The molecule has 12 nitrogen and oxygen atoms in total. The first kappa shape index (κ1) is 28.8. The highest BCUT2D eigenvalue weighted by molar-refractivity contribution is 9.11. The molecule has 0 radical (unpaired) electrons. The predicted molar refractivity (Wildman–Crippen MR) is 169 cm³/mol. The van der Waals surface area contributed by atoms with Gasteiger partial charge in [-0.3, -0.25) is 0 Å². The highest BCUT2D eigenvalue weighted by Crippen LogP contribution is 2.46. The number of nitrogens with zero attached hydrogens (tertiary/aromatic N) is 12. The number of rotatable bonds is 9. The summed E-state index contributed by atoms with van der Waals surface area (Å²) in [6.45, 7) is 8.04. The highest BCUT2D eigenvalue weighted by atomic mass is 79.9. The van der Waals surface area contributed by atoms with Gasteiger partial charge in [-0.1, -0.05) is 24.3 Å². The molecule has 0 aliphatic carbocycles. The van der Waals surface area contributed by atoms with Crippen LogP contribution in [0.25, 0.3) is 34.2 Å². The van der Waals surface area contributed by atoms with Gasteiger partial charge in [0.2, 0.25) is 11.6 Å². The van der Waals surface area contributed by atoms with Gasteiger partial charge in [0, 0.05) is 8.95 Å². The lowest BCUT2D eigenvalue weighted by atomic mass is 10.3. The van der Waals surface area contributed by atoms with Crippen molar-refractivity contribution in [3.05, 3.63) is 69.9 Å². The van der Waals surface area contributed by atoms with E-state index < -0.39 is 0 Å². The van der Waals surface area contributed by atoms with Gasteiger partial charge < -0.3 is 0 Å². The first-order chi connectivity index (χ1) is 20.3. The Morgan fingerprint density at radius 1 is 0.619 bits per heavy atom. The summed E-state index contributed by atoms with van der Waals surface area (Å²) in [6, 6.07) is 16.0. The molecule has 0 amide bonds. The quantitative estimate of drug-likeness (QED) is 0.146. The molecule has 16 heteroatoms. The topological polar surface area (TPSA) is 123 Å². The number of hydrogen-bond donors (Lipinski definition) is 0. The summed E-state index contributed by atoms with van der Waals surface area (Å²) in [6.07, 6.45) is 3.54. The van der Waals surface area contributed by atoms with Crippen molar-refractivity contribution in [2.75, 3.05) is 0 Å². The van der Waals surface area contributed by atoms with Crippen LogP contribution in [0.4, 0.5) is 0 Å². The zero-order valence-corrected chi connectivity index (χ0v) is 27.7. The van der Waals surface area contributed by atoms with Gasteiger partial charge in [0.15, 0.2) is 0 Å². The molecule has 0 N–H and O–H groups in total. The fourth-order valence-corrected chi connectivity index (χ4v) is 7.31. The monoisotopic (exact) mass is 726 g/mol. The molecule has 214 valence electrons. The Hall–Kier alpha value is -3.34. The van der Waals surface area contributed by atoms with Crippen molar-refractivity contribution in [1.29, 1.82) is 0 Å². The lowest BCUT2D eigenvalue weighted by Crippen LogP contribution is -2.04. The Balaban J connectivity index is 1.47. The summed E-state index contributed by atoms with van der Waals surface area (Å²) in [5.41, 5.74) is 3.27. The maximum absolute atomic E-state index is 4.74. The number of benzene rings is 2. The Bertz CT molecular complexity index is 1720. The molecule has 6 rings (SSSR count). The molecule has 0 saturated carbocycles. The molecule has 0 spiro atoms. The summed E-state index contributed by atoms with van der Waals surface area (Å²) < 4.78 is 5.55. The van der Waals surface area contributed by atoms with Gasteiger partial charge in [-0.15, -0.1) is 20.4 Å². The van der Waals surface area contributed by atoms with E-state index in [9.17, 15) is 0 Å². The van der Waals surface area contributed by atoms with Crippen LogP contribution in [-0.4, -0.2) is 60.0 Å². The van der Waals surface area contributed by atoms with Crippen LogP contribution >= 0.6 is 53.4 Å². The molecule has 4 heterocycles. The van der Waals surface area contributed by atoms with E-state index in [1.54, 1.807) is 22.0 Å². The van der Waals surface area contributed by atoms with Crippen LogP contribution in [0.1, 0.15) is 39.8 Å². The summed E-state index contributed by atoms with van der Waals surface area (Å²) in [5.74, 6) is 0.984. The molecule has 0 saturated heterocycles. The third-order valence-electron chi connectivity index (χ3n) is 6.07. The number of aromatic nitrogens is 12. The minimum atomic E-state index is 0.0722. The molecule has 2 aromatic carbocycles. The zero-order valence-electron chi connectivity index (χ0n) is 22.9. The first-order valence-electron chi connectivity index (χ1n) is 12.9. The third kappa shape index (κ3) is 5.55. The van der Waals surface area contributed by atoms with E-state index >= 15 is 0 Å². The van der Waals surface area contributed by atoms with Gasteiger partial charge in [-0.2, -0.15) is 19.8 Å². The second-order valence-corrected chi connectivity index (χ2v) is 13.5. The summed E-state index contributed by atoms with van der Waals surface area (Å²) in [5, 5.41) is 37.6. The Labute approximate surface area is 265 Å². The molecular formula is C26H24Br2N12S2. The van der Waals surface area contributed by atoms with E-state index in [0.29, 0.717) is 11.6 Å². The average Bonchev–Trinajstić information content (AvgIpc) is 3.78. The van der Waals surface area contributed by atoms with E-state index in [2.05, 4.69) is 62.7 Å². The smallest absolute Gasteiger partial charge is 0.209 e.